The Labute approximate surface area is 186 Å². The Morgan fingerprint density at radius 3 is 2.09 bits per heavy atom. The zero-order valence-electron chi connectivity index (χ0n) is 18.6. The van der Waals surface area contributed by atoms with Crippen molar-refractivity contribution < 1.29 is 24.0 Å². The highest BCUT2D eigenvalue weighted by Gasteiger charge is 2.34. The summed E-state index contributed by atoms with van der Waals surface area (Å²) in [7, 11) is 0. The van der Waals surface area contributed by atoms with Crippen LogP contribution in [0.15, 0.2) is 6.33 Å². The number of nitro groups is 1. The van der Waals surface area contributed by atoms with Crippen LogP contribution in [0.2, 0.25) is 0 Å². The van der Waals surface area contributed by atoms with Crippen molar-refractivity contribution >= 4 is 29.3 Å². The molecule has 0 aromatic carbocycles. The molecule has 2 aliphatic heterocycles. The van der Waals surface area contributed by atoms with Crippen molar-refractivity contribution in [1.29, 1.82) is 0 Å². The summed E-state index contributed by atoms with van der Waals surface area (Å²) in [5, 5.41) is 12.0. The number of rotatable bonds is 8. The van der Waals surface area contributed by atoms with Crippen LogP contribution < -0.4 is 9.80 Å². The third-order valence-electron chi connectivity index (χ3n) is 5.71. The first kappa shape index (κ1) is 23.6. The third-order valence-corrected chi connectivity index (χ3v) is 5.71. The van der Waals surface area contributed by atoms with E-state index in [1.807, 2.05) is 14.7 Å². The molecule has 32 heavy (non-hydrogen) atoms. The Hall–Kier alpha value is -3.02. The Kier molecular flexibility index (Phi) is 8.14. The van der Waals surface area contributed by atoms with Crippen molar-refractivity contribution in [2.75, 3.05) is 68.8 Å². The van der Waals surface area contributed by atoms with Crippen molar-refractivity contribution in [2.24, 2.45) is 5.92 Å². The minimum atomic E-state index is -0.437. The average Bonchev–Trinajstić information content (AvgIpc) is 2.79. The molecule has 0 spiro atoms. The van der Waals surface area contributed by atoms with Crippen LogP contribution in [0.3, 0.4) is 0 Å². The van der Waals surface area contributed by atoms with Gasteiger partial charge in [0, 0.05) is 39.3 Å². The summed E-state index contributed by atoms with van der Waals surface area (Å²) >= 11 is 0. The molecule has 0 aliphatic carbocycles. The van der Waals surface area contributed by atoms with Gasteiger partial charge in [0.15, 0.2) is 0 Å². The Morgan fingerprint density at radius 2 is 1.56 bits per heavy atom. The van der Waals surface area contributed by atoms with Crippen molar-refractivity contribution in [2.45, 2.75) is 26.7 Å². The maximum atomic E-state index is 12.0. The molecule has 0 amide bonds. The highest BCUT2D eigenvalue weighted by molar-refractivity contribution is 5.74. The molecule has 0 bridgehead atoms. The summed E-state index contributed by atoms with van der Waals surface area (Å²) in [6, 6.07) is 0. The van der Waals surface area contributed by atoms with Crippen molar-refractivity contribution in [1.82, 2.24) is 14.9 Å². The lowest BCUT2D eigenvalue weighted by Crippen LogP contribution is -2.48. The lowest BCUT2D eigenvalue weighted by atomic mass is 9.97. The molecule has 0 N–H and O–H groups in total. The van der Waals surface area contributed by atoms with Crippen LogP contribution in [0, 0.1) is 16.0 Å². The maximum Gasteiger partial charge on any atom is 0.353 e. The summed E-state index contributed by atoms with van der Waals surface area (Å²) in [5.74, 6) is -0.133. The van der Waals surface area contributed by atoms with Gasteiger partial charge in [-0.25, -0.2) is 9.97 Å². The molecule has 0 atom stereocenters. The lowest BCUT2D eigenvalue weighted by molar-refractivity contribution is -0.383. The molecule has 176 valence electrons. The van der Waals surface area contributed by atoms with Gasteiger partial charge in [0.25, 0.3) is 0 Å². The van der Waals surface area contributed by atoms with Gasteiger partial charge in [-0.15, -0.1) is 0 Å². The number of hydrogen-bond donors (Lipinski definition) is 0. The van der Waals surface area contributed by atoms with E-state index in [-0.39, 0.29) is 41.7 Å². The summed E-state index contributed by atoms with van der Waals surface area (Å²) < 4.78 is 10.1. The van der Waals surface area contributed by atoms with E-state index in [9.17, 15) is 19.7 Å². The van der Waals surface area contributed by atoms with Crippen LogP contribution in [0.4, 0.5) is 17.3 Å². The third kappa shape index (κ3) is 5.61. The predicted octanol–water partition coefficient (Wildman–Crippen LogP) is 0.849. The molecule has 1 aromatic heterocycles. The second-order valence-electron chi connectivity index (χ2n) is 7.71. The van der Waals surface area contributed by atoms with Crippen LogP contribution >= 0.6 is 0 Å². The summed E-state index contributed by atoms with van der Waals surface area (Å²) in [5.41, 5.74) is -0.124. The monoisotopic (exact) mass is 450 g/mol. The smallest absolute Gasteiger partial charge is 0.353 e. The number of carbonyl (C=O) groups is 2. The van der Waals surface area contributed by atoms with E-state index >= 15 is 0 Å². The molecular weight excluding hydrogens is 420 g/mol. The van der Waals surface area contributed by atoms with Crippen LogP contribution in [0.5, 0.6) is 0 Å². The quantitative estimate of drug-likeness (QED) is 0.317. The molecule has 0 radical (unpaired) electrons. The summed E-state index contributed by atoms with van der Waals surface area (Å²) in [4.78, 5) is 49.4. The maximum absolute atomic E-state index is 12.0. The summed E-state index contributed by atoms with van der Waals surface area (Å²) in [6.07, 6.45) is 2.46. The molecule has 2 fully saturated rings. The van der Waals surface area contributed by atoms with Gasteiger partial charge in [-0.2, -0.15) is 0 Å². The summed E-state index contributed by atoms with van der Waals surface area (Å²) in [6.45, 7) is 7.52. The molecule has 12 nitrogen and oxygen atoms in total. The molecule has 0 unspecified atom stereocenters. The fraction of sp³-hybridized carbons (Fsp3) is 0.700. The van der Waals surface area contributed by atoms with Gasteiger partial charge < -0.3 is 19.3 Å². The van der Waals surface area contributed by atoms with Gasteiger partial charge in [-0.1, -0.05) is 0 Å². The zero-order chi connectivity index (χ0) is 23.1. The number of carbonyl (C=O) groups excluding carboxylic acids is 2. The van der Waals surface area contributed by atoms with Crippen LogP contribution in [0.1, 0.15) is 26.7 Å². The van der Waals surface area contributed by atoms with E-state index in [0.29, 0.717) is 65.3 Å². The van der Waals surface area contributed by atoms with Crippen molar-refractivity contribution in [3.8, 4) is 0 Å². The average molecular weight is 450 g/mol. The van der Waals surface area contributed by atoms with E-state index < -0.39 is 4.92 Å². The minimum absolute atomic E-state index is 0.124. The first-order valence-corrected chi connectivity index (χ1v) is 11.0. The number of nitrogens with zero attached hydrogens (tertiary/aromatic N) is 6. The zero-order valence-corrected chi connectivity index (χ0v) is 18.6. The number of piperidine rings is 1. The largest absolute Gasteiger partial charge is 0.466 e. The van der Waals surface area contributed by atoms with Crippen LogP contribution in [-0.4, -0.2) is 90.8 Å². The van der Waals surface area contributed by atoms with Gasteiger partial charge in [-0.3, -0.25) is 24.6 Å². The Balaban J connectivity index is 1.69. The fourth-order valence-corrected chi connectivity index (χ4v) is 4.08. The van der Waals surface area contributed by atoms with E-state index in [2.05, 4.69) is 9.97 Å². The normalized spacial score (nSPS) is 17.8. The second kappa shape index (κ2) is 11.0. The van der Waals surface area contributed by atoms with Gasteiger partial charge in [0.2, 0.25) is 11.6 Å². The van der Waals surface area contributed by atoms with Crippen molar-refractivity contribution in [3.63, 3.8) is 0 Å². The molecule has 2 aliphatic rings. The highest BCUT2D eigenvalue weighted by Crippen LogP contribution is 2.36. The van der Waals surface area contributed by atoms with E-state index in [0.717, 1.165) is 0 Å². The van der Waals surface area contributed by atoms with Gasteiger partial charge in [0.05, 0.1) is 30.6 Å². The number of esters is 2. The van der Waals surface area contributed by atoms with Gasteiger partial charge in [0.1, 0.15) is 6.33 Å². The Morgan fingerprint density at radius 1 is 1.00 bits per heavy atom. The SMILES string of the molecule is CCOC(=O)CN1CCN(c2ncnc(N3CCC(C(=O)OCC)CC3)c2[N+](=O)[O-])CC1. The van der Waals surface area contributed by atoms with Gasteiger partial charge >= 0.3 is 17.6 Å². The van der Waals surface area contributed by atoms with E-state index in [1.165, 1.54) is 6.33 Å². The fourth-order valence-electron chi connectivity index (χ4n) is 4.08. The van der Waals surface area contributed by atoms with Crippen LogP contribution in [-0.2, 0) is 19.1 Å². The minimum Gasteiger partial charge on any atom is -0.466 e. The molecule has 3 rings (SSSR count). The number of aromatic nitrogens is 2. The van der Waals surface area contributed by atoms with E-state index in [4.69, 9.17) is 9.47 Å². The number of piperazine rings is 1. The number of anilines is 2. The second-order valence-corrected chi connectivity index (χ2v) is 7.71. The Bertz CT molecular complexity index is 821. The highest BCUT2D eigenvalue weighted by atomic mass is 16.6. The first-order chi connectivity index (χ1) is 15.4. The topological polar surface area (TPSA) is 131 Å². The van der Waals surface area contributed by atoms with Gasteiger partial charge in [-0.05, 0) is 26.7 Å². The standard InChI is InChI=1S/C20H30N6O6/c1-3-31-16(27)13-23-9-11-25(12-10-23)19-17(26(29)30)18(21-14-22-19)24-7-5-15(6-8-24)20(28)32-4-2/h14-15H,3-13H2,1-2H3. The predicted molar refractivity (Wildman–Crippen MR) is 116 cm³/mol. The number of hydrogen-bond acceptors (Lipinski definition) is 11. The molecular formula is C20H30N6O6. The molecule has 2 saturated heterocycles. The van der Waals surface area contributed by atoms with Crippen molar-refractivity contribution in [3.05, 3.63) is 16.4 Å². The lowest BCUT2D eigenvalue weighted by Gasteiger charge is -2.35. The first-order valence-electron chi connectivity index (χ1n) is 11.0. The van der Waals surface area contributed by atoms with Crippen LogP contribution in [0.25, 0.3) is 0 Å². The molecule has 12 heteroatoms. The molecule has 3 heterocycles. The number of ether oxygens (including phenoxy) is 2. The molecule has 0 saturated carbocycles. The van der Waals surface area contributed by atoms with E-state index in [1.54, 1.807) is 13.8 Å². The molecule has 1 aromatic rings.